The summed E-state index contributed by atoms with van der Waals surface area (Å²) in [4.78, 5) is 17.4. The fourth-order valence-electron chi connectivity index (χ4n) is 2.55. The number of carbonyl (C=O) groups excluding carboxylic acids is 1. The number of benzene rings is 1. The van der Waals surface area contributed by atoms with Crippen molar-refractivity contribution in [2.75, 3.05) is 25.1 Å². The summed E-state index contributed by atoms with van der Waals surface area (Å²) in [6.07, 6.45) is 2.47. The maximum Gasteiger partial charge on any atom is 0.339 e. The Bertz CT molecular complexity index is 582. The summed E-state index contributed by atoms with van der Waals surface area (Å²) in [6, 6.07) is 7.79. The highest BCUT2D eigenvalue weighted by Gasteiger charge is 2.17. The van der Waals surface area contributed by atoms with E-state index in [0.29, 0.717) is 5.56 Å². The van der Waals surface area contributed by atoms with Crippen LogP contribution in [0, 0.1) is 0 Å². The molecule has 2 heterocycles. The zero-order chi connectivity index (χ0) is 12.5. The molecular formula is C14H16N2O2. The summed E-state index contributed by atoms with van der Waals surface area (Å²) in [6.45, 7) is 2.17. The van der Waals surface area contributed by atoms with Gasteiger partial charge in [0.05, 0.1) is 18.2 Å². The van der Waals surface area contributed by atoms with Crippen LogP contribution in [0.3, 0.4) is 0 Å². The minimum absolute atomic E-state index is 0.296. The topological polar surface area (TPSA) is 45.3 Å². The first-order chi connectivity index (χ1) is 8.79. The number of anilines is 1. The van der Waals surface area contributed by atoms with Gasteiger partial charge in [-0.2, -0.15) is 0 Å². The molecule has 1 aliphatic heterocycles. The predicted molar refractivity (Wildman–Crippen MR) is 71.1 cm³/mol. The average molecular weight is 244 g/mol. The molecule has 0 spiro atoms. The van der Waals surface area contributed by atoms with Crippen LogP contribution in [0.2, 0.25) is 0 Å². The van der Waals surface area contributed by atoms with Crippen molar-refractivity contribution in [3.05, 3.63) is 29.8 Å². The Balaban J connectivity index is 2.08. The molecule has 0 aliphatic carbocycles. The molecule has 0 amide bonds. The zero-order valence-electron chi connectivity index (χ0n) is 10.4. The molecule has 1 aromatic heterocycles. The Kier molecular flexibility index (Phi) is 2.70. The van der Waals surface area contributed by atoms with Gasteiger partial charge in [-0.25, -0.2) is 4.79 Å². The van der Waals surface area contributed by atoms with Crippen molar-refractivity contribution in [3.63, 3.8) is 0 Å². The Morgan fingerprint density at radius 1 is 1.33 bits per heavy atom. The lowest BCUT2D eigenvalue weighted by Gasteiger charge is -2.14. The number of esters is 1. The number of hydrogen-bond acceptors (Lipinski definition) is 3. The van der Waals surface area contributed by atoms with Crippen LogP contribution in [0.15, 0.2) is 24.3 Å². The molecule has 0 unspecified atom stereocenters. The fraction of sp³-hybridized carbons (Fsp3) is 0.357. The summed E-state index contributed by atoms with van der Waals surface area (Å²) >= 11 is 0. The van der Waals surface area contributed by atoms with Gasteiger partial charge in [-0.15, -0.1) is 0 Å². The van der Waals surface area contributed by atoms with E-state index in [2.05, 4.69) is 16.0 Å². The van der Waals surface area contributed by atoms with Gasteiger partial charge in [0, 0.05) is 18.5 Å². The molecule has 0 atom stereocenters. The van der Waals surface area contributed by atoms with Crippen LogP contribution in [0.5, 0.6) is 0 Å². The molecule has 1 aromatic carbocycles. The molecule has 1 N–H and O–H groups in total. The number of carbonyl (C=O) groups is 1. The molecule has 1 fully saturated rings. The van der Waals surface area contributed by atoms with Crippen molar-refractivity contribution < 1.29 is 9.53 Å². The van der Waals surface area contributed by atoms with Gasteiger partial charge in [-0.05, 0) is 25.0 Å². The van der Waals surface area contributed by atoms with E-state index in [1.807, 2.05) is 12.1 Å². The number of rotatable bonds is 2. The molecule has 1 aliphatic rings. The second kappa shape index (κ2) is 4.37. The predicted octanol–water partition coefficient (Wildman–Crippen LogP) is 2.55. The third-order valence-electron chi connectivity index (χ3n) is 3.49. The summed E-state index contributed by atoms with van der Waals surface area (Å²) < 4.78 is 4.81. The molecule has 2 aromatic rings. The Labute approximate surface area is 106 Å². The lowest BCUT2D eigenvalue weighted by Crippen LogP contribution is -2.17. The van der Waals surface area contributed by atoms with Gasteiger partial charge in [-0.3, -0.25) is 0 Å². The van der Waals surface area contributed by atoms with Crippen LogP contribution in [-0.4, -0.2) is 31.2 Å². The SMILES string of the molecule is COC(=O)c1cccc2cc(N3CCCC3)[nH]c12. The second-order valence-corrected chi connectivity index (χ2v) is 4.61. The maximum atomic E-state index is 11.7. The van der Waals surface area contributed by atoms with Crippen molar-refractivity contribution in [2.45, 2.75) is 12.8 Å². The Hall–Kier alpha value is -1.97. The zero-order valence-corrected chi connectivity index (χ0v) is 10.4. The number of aromatic amines is 1. The highest BCUT2D eigenvalue weighted by molar-refractivity contribution is 6.04. The van der Waals surface area contributed by atoms with E-state index in [0.717, 1.165) is 29.8 Å². The monoisotopic (exact) mass is 244 g/mol. The van der Waals surface area contributed by atoms with E-state index in [1.165, 1.54) is 20.0 Å². The number of fused-ring (bicyclic) bond motifs is 1. The van der Waals surface area contributed by atoms with Crippen LogP contribution in [0.1, 0.15) is 23.2 Å². The number of nitrogens with one attached hydrogen (secondary N) is 1. The summed E-state index contributed by atoms with van der Waals surface area (Å²) in [7, 11) is 1.41. The molecule has 0 radical (unpaired) electrons. The highest BCUT2D eigenvalue weighted by Crippen LogP contribution is 2.27. The standard InChI is InChI=1S/C14H16N2O2/c1-18-14(17)11-6-4-5-10-9-12(15-13(10)11)16-7-2-3-8-16/h4-6,9,15H,2-3,7-8H2,1H3. The van der Waals surface area contributed by atoms with E-state index in [9.17, 15) is 4.79 Å². The van der Waals surface area contributed by atoms with Gasteiger partial charge in [0.1, 0.15) is 5.82 Å². The van der Waals surface area contributed by atoms with Crippen LogP contribution < -0.4 is 4.90 Å². The van der Waals surface area contributed by atoms with Crippen molar-refractivity contribution in [3.8, 4) is 0 Å². The lowest BCUT2D eigenvalue weighted by atomic mass is 10.1. The first-order valence-electron chi connectivity index (χ1n) is 6.24. The largest absolute Gasteiger partial charge is 0.465 e. The van der Waals surface area contributed by atoms with E-state index < -0.39 is 0 Å². The van der Waals surface area contributed by atoms with Gasteiger partial charge in [0.2, 0.25) is 0 Å². The Morgan fingerprint density at radius 3 is 2.83 bits per heavy atom. The highest BCUT2D eigenvalue weighted by atomic mass is 16.5. The number of nitrogens with zero attached hydrogens (tertiary/aromatic N) is 1. The van der Waals surface area contributed by atoms with E-state index in [1.54, 1.807) is 6.07 Å². The molecule has 1 saturated heterocycles. The molecule has 3 rings (SSSR count). The van der Waals surface area contributed by atoms with Crippen LogP contribution >= 0.6 is 0 Å². The van der Waals surface area contributed by atoms with Crippen LogP contribution in [0.25, 0.3) is 10.9 Å². The maximum absolute atomic E-state index is 11.7. The number of aromatic nitrogens is 1. The molecule has 4 heteroatoms. The molecule has 4 nitrogen and oxygen atoms in total. The molecule has 18 heavy (non-hydrogen) atoms. The van der Waals surface area contributed by atoms with Crippen molar-refractivity contribution in [1.82, 2.24) is 4.98 Å². The fourth-order valence-corrected chi connectivity index (χ4v) is 2.55. The van der Waals surface area contributed by atoms with E-state index in [-0.39, 0.29) is 5.97 Å². The van der Waals surface area contributed by atoms with Gasteiger partial charge in [-0.1, -0.05) is 12.1 Å². The number of H-pyrrole nitrogens is 1. The number of para-hydroxylation sites is 1. The summed E-state index contributed by atoms with van der Waals surface area (Å²) in [5.74, 6) is 0.800. The molecule has 94 valence electrons. The Morgan fingerprint density at radius 2 is 2.11 bits per heavy atom. The number of methoxy groups -OCH3 is 1. The first kappa shape index (κ1) is 11.1. The van der Waals surface area contributed by atoms with Gasteiger partial charge < -0.3 is 14.6 Å². The number of hydrogen-bond donors (Lipinski definition) is 1. The quantitative estimate of drug-likeness (QED) is 0.826. The third kappa shape index (κ3) is 1.74. The normalized spacial score (nSPS) is 15.3. The van der Waals surface area contributed by atoms with Crippen molar-refractivity contribution in [1.29, 1.82) is 0 Å². The molecule has 0 saturated carbocycles. The third-order valence-corrected chi connectivity index (χ3v) is 3.49. The van der Waals surface area contributed by atoms with Crippen molar-refractivity contribution in [2.24, 2.45) is 0 Å². The first-order valence-corrected chi connectivity index (χ1v) is 6.24. The van der Waals surface area contributed by atoms with E-state index in [4.69, 9.17) is 4.74 Å². The van der Waals surface area contributed by atoms with E-state index >= 15 is 0 Å². The van der Waals surface area contributed by atoms with Gasteiger partial charge >= 0.3 is 5.97 Å². The molecular weight excluding hydrogens is 228 g/mol. The van der Waals surface area contributed by atoms with Crippen molar-refractivity contribution >= 4 is 22.7 Å². The smallest absolute Gasteiger partial charge is 0.339 e. The van der Waals surface area contributed by atoms with Gasteiger partial charge in [0.25, 0.3) is 0 Å². The summed E-state index contributed by atoms with van der Waals surface area (Å²) in [5, 5.41) is 1.06. The molecule has 0 bridgehead atoms. The summed E-state index contributed by atoms with van der Waals surface area (Å²) in [5.41, 5.74) is 1.46. The minimum atomic E-state index is -0.296. The van der Waals surface area contributed by atoms with Gasteiger partial charge in [0.15, 0.2) is 0 Å². The second-order valence-electron chi connectivity index (χ2n) is 4.61. The van der Waals surface area contributed by atoms with Crippen LogP contribution in [-0.2, 0) is 4.74 Å². The lowest BCUT2D eigenvalue weighted by molar-refractivity contribution is 0.0603. The number of ether oxygens (including phenoxy) is 1. The average Bonchev–Trinajstić information content (AvgIpc) is 3.04. The minimum Gasteiger partial charge on any atom is -0.465 e. The van der Waals surface area contributed by atoms with Crippen LogP contribution in [0.4, 0.5) is 5.82 Å².